The topological polar surface area (TPSA) is 70.9 Å². The van der Waals surface area contributed by atoms with Crippen LogP contribution in [-0.4, -0.2) is 76.5 Å². The number of anilines is 1. The number of hydrogen-bond donors (Lipinski definition) is 0. The number of likely N-dealkylation sites (tertiary alicyclic amines) is 1. The number of carbonyl (C=O) groups is 2. The smallest absolute Gasteiger partial charge is 0.410 e. The van der Waals surface area contributed by atoms with Gasteiger partial charge in [0.1, 0.15) is 5.60 Å². The highest BCUT2D eigenvalue weighted by Gasteiger charge is 2.29. The van der Waals surface area contributed by atoms with Crippen LogP contribution in [0.25, 0.3) is 0 Å². The summed E-state index contributed by atoms with van der Waals surface area (Å²) in [6.45, 7) is 13.9. The summed E-state index contributed by atoms with van der Waals surface area (Å²) in [6.07, 6.45) is 1.52. The largest absolute Gasteiger partial charge is 0.444 e. The molecule has 2 aliphatic rings. The third kappa shape index (κ3) is 4.77. The first-order valence-corrected chi connectivity index (χ1v) is 10.2. The summed E-state index contributed by atoms with van der Waals surface area (Å²) in [6, 6.07) is 2.43. The molecular weight excluding hydrogens is 358 g/mol. The van der Waals surface area contributed by atoms with Gasteiger partial charge in [-0.3, -0.25) is 9.48 Å². The summed E-state index contributed by atoms with van der Waals surface area (Å²) in [5.74, 6) is 1.12. The van der Waals surface area contributed by atoms with E-state index >= 15 is 0 Å². The first-order valence-electron chi connectivity index (χ1n) is 10.2. The Labute approximate surface area is 167 Å². The quantitative estimate of drug-likeness (QED) is 0.774. The van der Waals surface area contributed by atoms with Crippen LogP contribution in [0.3, 0.4) is 0 Å². The van der Waals surface area contributed by atoms with Crippen molar-refractivity contribution in [2.75, 3.05) is 44.2 Å². The zero-order valence-corrected chi connectivity index (χ0v) is 17.8. The van der Waals surface area contributed by atoms with Crippen molar-refractivity contribution >= 4 is 17.8 Å². The summed E-state index contributed by atoms with van der Waals surface area (Å²) >= 11 is 0. The molecule has 0 aromatic carbocycles. The standard InChI is InChI=1S/C20H33N5O3/c1-15-14-18(23-12-10-22(11-13-23)16(2)26)21-25(15)17-6-8-24(9-7-17)19(27)28-20(3,4)5/h14,17H,6-13H2,1-5H3. The Kier molecular flexibility index (Phi) is 5.86. The zero-order chi connectivity index (χ0) is 20.5. The normalized spacial score (nSPS) is 19.1. The number of aromatic nitrogens is 2. The average Bonchev–Trinajstić information content (AvgIpc) is 3.02. The number of aryl methyl sites for hydroxylation is 1. The van der Waals surface area contributed by atoms with Crippen LogP contribution in [0.15, 0.2) is 6.07 Å². The molecule has 8 nitrogen and oxygen atoms in total. The van der Waals surface area contributed by atoms with E-state index in [4.69, 9.17) is 9.84 Å². The van der Waals surface area contributed by atoms with Crippen molar-refractivity contribution in [2.45, 2.75) is 59.1 Å². The summed E-state index contributed by atoms with van der Waals surface area (Å²) in [4.78, 5) is 29.7. The Bertz CT molecular complexity index is 708. The van der Waals surface area contributed by atoms with Crippen LogP contribution in [0.2, 0.25) is 0 Å². The van der Waals surface area contributed by atoms with Crippen molar-refractivity contribution in [2.24, 2.45) is 0 Å². The molecule has 2 aliphatic heterocycles. The third-order valence-electron chi connectivity index (χ3n) is 5.42. The van der Waals surface area contributed by atoms with Gasteiger partial charge < -0.3 is 19.4 Å². The van der Waals surface area contributed by atoms with Gasteiger partial charge in [0.05, 0.1) is 6.04 Å². The molecule has 2 amide bonds. The molecule has 156 valence electrons. The SMILES string of the molecule is CC(=O)N1CCN(c2cc(C)n(C3CCN(C(=O)OC(C)(C)C)CC3)n2)CC1. The molecule has 1 aromatic heterocycles. The molecule has 0 saturated carbocycles. The van der Waals surface area contributed by atoms with E-state index in [9.17, 15) is 9.59 Å². The second kappa shape index (κ2) is 8.01. The number of piperazine rings is 1. The van der Waals surface area contributed by atoms with E-state index in [1.807, 2.05) is 25.7 Å². The lowest BCUT2D eigenvalue weighted by Gasteiger charge is -2.35. The van der Waals surface area contributed by atoms with Crippen molar-refractivity contribution in [3.05, 3.63) is 11.8 Å². The van der Waals surface area contributed by atoms with E-state index in [-0.39, 0.29) is 12.0 Å². The summed E-state index contributed by atoms with van der Waals surface area (Å²) < 4.78 is 7.59. The lowest BCUT2D eigenvalue weighted by Crippen LogP contribution is -2.48. The zero-order valence-electron chi connectivity index (χ0n) is 17.8. The molecule has 0 N–H and O–H groups in total. The van der Waals surface area contributed by atoms with Crippen molar-refractivity contribution in [3.8, 4) is 0 Å². The molecule has 0 spiro atoms. The van der Waals surface area contributed by atoms with Gasteiger partial charge in [-0.25, -0.2) is 4.79 Å². The van der Waals surface area contributed by atoms with Crippen LogP contribution in [-0.2, 0) is 9.53 Å². The van der Waals surface area contributed by atoms with Crippen molar-refractivity contribution in [1.29, 1.82) is 0 Å². The molecule has 0 bridgehead atoms. The maximum atomic E-state index is 12.3. The van der Waals surface area contributed by atoms with Crippen LogP contribution in [0.5, 0.6) is 0 Å². The molecule has 2 saturated heterocycles. The molecule has 0 aliphatic carbocycles. The Morgan fingerprint density at radius 1 is 1.04 bits per heavy atom. The number of rotatable bonds is 2. The maximum Gasteiger partial charge on any atom is 0.410 e. The molecular formula is C20H33N5O3. The monoisotopic (exact) mass is 391 g/mol. The highest BCUT2D eigenvalue weighted by Crippen LogP contribution is 2.27. The van der Waals surface area contributed by atoms with Gasteiger partial charge in [-0.05, 0) is 40.5 Å². The van der Waals surface area contributed by atoms with E-state index in [2.05, 4.69) is 22.6 Å². The second-order valence-corrected chi connectivity index (χ2v) is 8.78. The minimum absolute atomic E-state index is 0.137. The fourth-order valence-electron chi connectivity index (χ4n) is 3.87. The lowest BCUT2D eigenvalue weighted by molar-refractivity contribution is -0.129. The third-order valence-corrected chi connectivity index (χ3v) is 5.42. The molecule has 3 heterocycles. The van der Waals surface area contributed by atoms with Gasteiger partial charge in [0.25, 0.3) is 0 Å². The van der Waals surface area contributed by atoms with Crippen LogP contribution < -0.4 is 4.90 Å². The van der Waals surface area contributed by atoms with Crippen LogP contribution in [0.4, 0.5) is 10.6 Å². The minimum atomic E-state index is -0.464. The fraction of sp³-hybridized carbons (Fsp3) is 0.750. The average molecular weight is 392 g/mol. The molecule has 28 heavy (non-hydrogen) atoms. The summed E-state index contributed by atoms with van der Waals surface area (Å²) in [7, 11) is 0. The molecule has 0 radical (unpaired) electrons. The van der Waals surface area contributed by atoms with Gasteiger partial charge >= 0.3 is 6.09 Å². The molecule has 0 unspecified atom stereocenters. The predicted molar refractivity (Wildman–Crippen MR) is 108 cm³/mol. The van der Waals surface area contributed by atoms with Crippen LogP contribution in [0, 0.1) is 6.92 Å². The fourth-order valence-corrected chi connectivity index (χ4v) is 3.87. The first kappa shape index (κ1) is 20.5. The minimum Gasteiger partial charge on any atom is -0.444 e. The van der Waals surface area contributed by atoms with Gasteiger partial charge in [0, 0.05) is 58.0 Å². The number of nitrogens with zero attached hydrogens (tertiary/aromatic N) is 5. The molecule has 8 heteroatoms. The highest BCUT2D eigenvalue weighted by atomic mass is 16.6. The Morgan fingerprint density at radius 3 is 2.18 bits per heavy atom. The van der Waals surface area contributed by atoms with Gasteiger partial charge in [0.2, 0.25) is 5.91 Å². The molecule has 2 fully saturated rings. The van der Waals surface area contributed by atoms with E-state index in [0.717, 1.165) is 50.5 Å². The van der Waals surface area contributed by atoms with E-state index in [1.54, 1.807) is 11.8 Å². The number of carbonyl (C=O) groups excluding carboxylic acids is 2. The van der Waals surface area contributed by atoms with E-state index < -0.39 is 5.60 Å². The predicted octanol–water partition coefficient (Wildman–Crippen LogP) is 2.43. The Hall–Kier alpha value is -2.25. The Balaban J connectivity index is 1.57. The van der Waals surface area contributed by atoms with E-state index in [0.29, 0.717) is 19.1 Å². The second-order valence-electron chi connectivity index (χ2n) is 8.78. The van der Waals surface area contributed by atoms with E-state index in [1.165, 1.54) is 0 Å². The number of piperidine rings is 1. The number of ether oxygens (including phenoxy) is 1. The van der Waals surface area contributed by atoms with Gasteiger partial charge in [0.15, 0.2) is 5.82 Å². The van der Waals surface area contributed by atoms with Crippen molar-refractivity contribution < 1.29 is 14.3 Å². The Morgan fingerprint density at radius 2 is 1.64 bits per heavy atom. The molecule has 1 aromatic rings. The van der Waals surface area contributed by atoms with Gasteiger partial charge in [-0.2, -0.15) is 5.10 Å². The van der Waals surface area contributed by atoms with Crippen molar-refractivity contribution in [1.82, 2.24) is 19.6 Å². The summed E-state index contributed by atoms with van der Waals surface area (Å²) in [5, 5.41) is 4.86. The first-order chi connectivity index (χ1) is 13.1. The van der Waals surface area contributed by atoms with Crippen molar-refractivity contribution in [3.63, 3.8) is 0 Å². The molecule has 0 atom stereocenters. The van der Waals surface area contributed by atoms with Crippen LogP contribution >= 0.6 is 0 Å². The van der Waals surface area contributed by atoms with Gasteiger partial charge in [-0.1, -0.05) is 0 Å². The highest BCUT2D eigenvalue weighted by molar-refractivity contribution is 5.73. The lowest BCUT2D eigenvalue weighted by atomic mass is 10.1. The van der Waals surface area contributed by atoms with Crippen LogP contribution in [0.1, 0.15) is 52.3 Å². The maximum absolute atomic E-state index is 12.3. The number of hydrogen-bond acceptors (Lipinski definition) is 5. The van der Waals surface area contributed by atoms with Gasteiger partial charge in [-0.15, -0.1) is 0 Å². The number of amides is 2. The molecule has 3 rings (SSSR count). The summed E-state index contributed by atoms with van der Waals surface area (Å²) in [5.41, 5.74) is 0.674.